The van der Waals surface area contributed by atoms with Gasteiger partial charge in [0.15, 0.2) is 0 Å². The molecule has 0 aromatic carbocycles. The van der Waals surface area contributed by atoms with Gasteiger partial charge in [0, 0.05) is 45.6 Å². The van der Waals surface area contributed by atoms with Gasteiger partial charge in [-0.1, -0.05) is 13.0 Å². The summed E-state index contributed by atoms with van der Waals surface area (Å²) in [5.74, 6) is 1.19. The molecule has 0 unspecified atom stereocenters. The Morgan fingerprint density at radius 1 is 1.09 bits per heavy atom. The second kappa shape index (κ2) is 8.49. The molecule has 1 saturated heterocycles. The van der Waals surface area contributed by atoms with Crippen molar-refractivity contribution < 1.29 is 9.90 Å². The standard InChI is InChI=1S/C23H28N6O3/c1-5-18-22(31)26(4)23(32)29(18)19-7-6-17(14-24-19)21(30)28-10-8-27(9-11-28)20-16(3)12-15(2)13-25-20/h6-7,12-14,31H,5,8-11H2,1-4H3. The van der Waals surface area contributed by atoms with Crippen LogP contribution in [0.25, 0.3) is 5.82 Å². The zero-order valence-corrected chi connectivity index (χ0v) is 18.9. The highest BCUT2D eigenvalue weighted by Gasteiger charge is 2.24. The van der Waals surface area contributed by atoms with Crippen molar-refractivity contribution in [2.75, 3.05) is 31.1 Å². The summed E-state index contributed by atoms with van der Waals surface area (Å²) < 4.78 is 2.56. The summed E-state index contributed by atoms with van der Waals surface area (Å²) in [5, 5.41) is 10.2. The van der Waals surface area contributed by atoms with Gasteiger partial charge < -0.3 is 14.9 Å². The third-order valence-corrected chi connectivity index (χ3v) is 5.94. The van der Waals surface area contributed by atoms with Gasteiger partial charge in [-0.15, -0.1) is 0 Å². The number of aromatic hydroxyl groups is 1. The molecule has 9 heteroatoms. The summed E-state index contributed by atoms with van der Waals surface area (Å²) in [6, 6.07) is 5.44. The van der Waals surface area contributed by atoms with Crippen LogP contribution in [0.3, 0.4) is 0 Å². The second-order valence-corrected chi connectivity index (χ2v) is 8.14. The molecule has 32 heavy (non-hydrogen) atoms. The number of aromatic nitrogens is 4. The maximum absolute atomic E-state index is 13.0. The molecule has 0 bridgehead atoms. The van der Waals surface area contributed by atoms with E-state index in [4.69, 9.17) is 0 Å². The zero-order chi connectivity index (χ0) is 23.0. The topological polar surface area (TPSA) is 96.5 Å². The zero-order valence-electron chi connectivity index (χ0n) is 18.9. The number of rotatable bonds is 4. The molecule has 0 spiro atoms. The number of hydrogen-bond donors (Lipinski definition) is 1. The fraction of sp³-hybridized carbons (Fsp3) is 0.391. The smallest absolute Gasteiger partial charge is 0.336 e. The Bertz CT molecular complexity index is 1200. The third-order valence-electron chi connectivity index (χ3n) is 5.94. The molecule has 0 radical (unpaired) electrons. The normalized spacial score (nSPS) is 14.1. The van der Waals surface area contributed by atoms with Gasteiger partial charge in [0.2, 0.25) is 5.88 Å². The lowest BCUT2D eigenvalue weighted by Gasteiger charge is -2.36. The Morgan fingerprint density at radius 2 is 1.81 bits per heavy atom. The summed E-state index contributed by atoms with van der Waals surface area (Å²) >= 11 is 0. The molecule has 0 aliphatic carbocycles. The van der Waals surface area contributed by atoms with Crippen LogP contribution in [-0.4, -0.2) is 61.2 Å². The number of imidazole rings is 1. The third kappa shape index (κ3) is 3.74. The van der Waals surface area contributed by atoms with Crippen LogP contribution in [0, 0.1) is 13.8 Å². The van der Waals surface area contributed by atoms with E-state index in [1.54, 1.807) is 12.1 Å². The number of carbonyl (C=O) groups excluding carboxylic acids is 1. The van der Waals surface area contributed by atoms with Gasteiger partial charge in [-0.2, -0.15) is 0 Å². The van der Waals surface area contributed by atoms with Gasteiger partial charge in [0.25, 0.3) is 5.91 Å². The molecule has 168 valence electrons. The highest BCUT2D eigenvalue weighted by Crippen LogP contribution is 2.21. The van der Waals surface area contributed by atoms with E-state index in [0.717, 1.165) is 16.9 Å². The van der Waals surface area contributed by atoms with Crippen molar-refractivity contribution in [2.45, 2.75) is 27.2 Å². The number of nitrogens with zero attached hydrogens (tertiary/aromatic N) is 6. The van der Waals surface area contributed by atoms with Crippen LogP contribution < -0.4 is 10.6 Å². The van der Waals surface area contributed by atoms with Crippen LogP contribution in [0.1, 0.15) is 34.1 Å². The van der Waals surface area contributed by atoms with E-state index in [1.807, 2.05) is 24.9 Å². The molecule has 4 rings (SSSR count). The first-order chi connectivity index (χ1) is 15.3. The summed E-state index contributed by atoms with van der Waals surface area (Å²) in [7, 11) is 1.51. The number of carbonyl (C=O) groups is 1. The van der Waals surface area contributed by atoms with Crippen LogP contribution in [0.2, 0.25) is 0 Å². The maximum Gasteiger partial charge on any atom is 0.336 e. The number of anilines is 1. The van der Waals surface area contributed by atoms with Crippen molar-refractivity contribution >= 4 is 11.7 Å². The molecule has 0 saturated carbocycles. The van der Waals surface area contributed by atoms with Crippen LogP contribution in [0.4, 0.5) is 5.82 Å². The van der Waals surface area contributed by atoms with Crippen LogP contribution in [-0.2, 0) is 13.5 Å². The predicted octanol–water partition coefficient (Wildman–Crippen LogP) is 1.81. The van der Waals surface area contributed by atoms with Gasteiger partial charge >= 0.3 is 5.69 Å². The first kappa shape index (κ1) is 21.6. The minimum atomic E-state index is -0.373. The van der Waals surface area contributed by atoms with Crippen molar-refractivity contribution in [3.63, 3.8) is 0 Å². The molecular weight excluding hydrogens is 408 g/mol. The van der Waals surface area contributed by atoms with Gasteiger partial charge in [-0.25, -0.2) is 19.3 Å². The molecule has 1 aliphatic heterocycles. The molecule has 1 N–H and O–H groups in total. The molecule has 0 atom stereocenters. The number of aryl methyl sites for hydroxylation is 2. The average Bonchev–Trinajstić information content (AvgIpc) is 3.02. The number of piperazine rings is 1. The van der Waals surface area contributed by atoms with Gasteiger partial charge in [-0.05, 0) is 43.5 Å². The molecule has 3 aromatic heterocycles. The first-order valence-electron chi connectivity index (χ1n) is 10.7. The van der Waals surface area contributed by atoms with E-state index < -0.39 is 0 Å². The number of pyridine rings is 2. The fourth-order valence-electron chi connectivity index (χ4n) is 4.19. The quantitative estimate of drug-likeness (QED) is 0.670. The van der Waals surface area contributed by atoms with Crippen molar-refractivity contribution in [1.29, 1.82) is 0 Å². The van der Waals surface area contributed by atoms with Crippen molar-refractivity contribution in [3.8, 4) is 11.7 Å². The minimum absolute atomic E-state index is 0.0735. The number of hydrogen-bond acceptors (Lipinski definition) is 6. The lowest BCUT2D eigenvalue weighted by molar-refractivity contribution is 0.0746. The second-order valence-electron chi connectivity index (χ2n) is 8.14. The summed E-state index contributed by atoms with van der Waals surface area (Å²) in [5.41, 5.74) is 2.86. The SMILES string of the molecule is CCc1c(O)n(C)c(=O)n1-c1ccc(C(=O)N2CCN(c3ncc(C)cc3C)CC2)cn1. The molecular formula is C23H28N6O3. The highest BCUT2D eigenvalue weighted by atomic mass is 16.3. The van der Waals surface area contributed by atoms with E-state index in [1.165, 1.54) is 22.4 Å². The Hall–Kier alpha value is -3.62. The van der Waals surface area contributed by atoms with E-state index in [9.17, 15) is 14.7 Å². The van der Waals surface area contributed by atoms with E-state index in [-0.39, 0.29) is 17.5 Å². The van der Waals surface area contributed by atoms with Gasteiger partial charge in [-0.3, -0.25) is 9.36 Å². The van der Waals surface area contributed by atoms with Crippen LogP contribution >= 0.6 is 0 Å². The van der Waals surface area contributed by atoms with Crippen molar-refractivity contribution in [2.24, 2.45) is 7.05 Å². The van der Waals surface area contributed by atoms with E-state index >= 15 is 0 Å². The van der Waals surface area contributed by atoms with Crippen molar-refractivity contribution in [1.82, 2.24) is 24.0 Å². The Kier molecular flexibility index (Phi) is 5.73. The first-order valence-corrected chi connectivity index (χ1v) is 10.7. The van der Waals surface area contributed by atoms with Gasteiger partial charge in [0.1, 0.15) is 11.6 Å². The Labute approximate surface area is 186 Å². The van der Waals surface area contributed by atoms with E-state index in [2.05, 4.69) is 27.9 Å². The van der Waals surface area contributed by atoms with E-state index in [0.29, 0.717) is 49.7 Å². The monoisotopic (exact) mass is 436 g/mol. The predicted molar refractivity (Wildman–Crippen MR) is 122 cm³/mol. The lowest BCUT2D eigenvalue weighted by Crippen LogP contribution is -2.49. The van der Waals surface area contributed by atoms with Gasteiger partial charge in [0.05, 0.1) is 11.3 Å². The Morgan fingerprint density at radius 3 is 2.41 bits per heavy atom. The maximum atomic E-state index is 13.0. The molecule has 9 nitrogen and oxygen atoms in total. The molecule has 1 aliphatic rings. The van der Waals surface area contributed by atoms with Crippen LogP contribution in [0.5, 0.6) is 5.88 Å². The minimum Gasteiger partial charge on any atom is -0.493 e. The average molecular weight is 437 g/mol. The van der Waals surface area contributed by atoms with Crippen LogP contribution in [0.15, 0.2) is 35.4 Å². The largest absolute Gasteiger partial charge is 0.493 e. The lowest BCUT2D eigenvalue weighted by atomic mass is 10.2. The molecule has 1 amide bonds. The fourth-order valence-corrected chi connectivity index (χ4v) is 4.19. The highest BCUT2D eigenvalue weighted by molar-refractivity contribution is 5.94. The summed E-state index contributed by atoms with van der Waals surface area (Å²) in [6.45, 7) is 8.57. The summed E-state index contributed by atoms with van der Waals surface area (Å²) in [4.78, 5) is 38.4. The van der Waals surface area contributed by atoms with Crippen molar-refractivity contribution in [3.05, 3.63) is 63.5 Å². The number of amides is 1. The molecule has 3 aromatic rings. The summed E-state index contributed by atoms with van der Waals surface area (Å²) in [6.07, 6.45) is 3.84. The molecule has 4 heterocycles. The Balaban J connectivity index is 1.47. The molecule has 1 fully saturated rings.